The van der Waals surface area contributed by atoms with Gasteiger partial charge in [-0.25, -0.2) is 0 Å². The first-order valence-corrected chi connectivity index (χ1v) is 9.81. The lowest BCUT2D eigenvalue weighted by Gasteiger charge is -2.26. The number of hydrogen-bond acceptors (Lipinski definition) is 3. The van der Waals surface area contributed by atoms with Crippen LogP contribution in [0.1, 0.15) is 83.6 Å². The number of unbranched alkanes of at least 4 members (excludes halogenated alkanes) is 6. The fourth-order valence-electron chi connectivity index (χ4n) is 3.02. The van der Waals surface area contributed by atoms with Crippen molar-refractivity contribution < 1.29 is 15.0 Å². The van der Waals surface area contributed by atoms with Crippen molar-refractivity contribution in [2.75, 3.05) is 13.1 Å². The van der Waals surface area contributed by atoms with E-state index in [0.29, 0.717) is 0 Å². The highest BCUT2D eigenvalue weighted by Gasteiger charge is 2.22. The Morgan fingerprint density at radius 3 is 1.96 bits per heavy atom. The molecule has 1 rings (SSSR count). The lowest BCUT2D eigenvalue weighted by Crippen LogP contribution is -2.36. The molecule has 0 radical (unpaired) electrons. The van der Waals surface area contributed by atoms with E-state index < -0.39 is 0 Å². The van der Waals surface area contributed by atoms with Crippen LogP contribution in [-0.4, -0.2) is 34.1 Å². The molecule has 1 amide bonds. The molecule has 0 aliphatic heterocycles. The van der Waals surface area contributed by atoms with E-state index in [1.165, 1.54) is 37.8 Å². The highest BCUT2D eigenvalue weighted by molar-refractivity contribution is 5.83. The van der Waals surface area contributed by atoms with Crippen LogP contribution in [0, 0.1) is 0 Å². The van der Waals surface area contributed by atoms with E-state index in [4.69, 9.17) is 0 Å². The predicted octanol–water partition coefficient (Wildman–Crippen LogP) is 5.19. The Kier molecular flexibility index (Phi) is 10.0. The van der Waals surface area contributed by atoms with Gasteiger partial charge in [0.25, 0.3) is 0 Å². The molecule has 0 fully saturated rings. The summed E-state index contributed by atoms with van der Waals surface area (Å²) < 4.78 is 0. The Balaban J connectivity index is 2.71. The third-order valence-corrected chi connectivity index (χ3v) is 4.74. The fourth-order valence-corrected chi connectivity index (χ4v) is 3.02. The number of phenolic OH excluding ortho intramolecular Hbond substituents is 2. The summed E-state index contributed by atoms with van der Waals surface area (Å²) in [7, 11) is 0. The van der Waals surface area contributed by atoms with Gasteiger partial charge in [-0.1, -0.05) is 58.4 Å². The lowest BCUT2D eigenvalue weighted by atomic mass is 9.98. The largest absolute Gasteiger partial charge is 0.504 e. The third-order valence-electron chi connectivity index (χ3n) is 4.74. The standard InChI is InChI=1S/C21H35NO3/c1-4-6-8-10-14-22(15-11-9-7-5-2)21(25)17(3)18-12-13-19(23)20(24)16-18/h12-13,16-17,23-24H,4-11,14-15H2,1-3H3. The molecule has 4 nitrogen and oxygen atoms in total. The Hall–Kier alpha value is -1.71. The highest BCUT2D eigenvalue weighted by atomic mass is 16.3. The molecule has 0 spiro atoms. The van der Waals surface area contributed by atoms with Crippen molar-refractivity contribution in [3.63, 3.8) is 0 Å². The molecule has 0 aliphatic carbocycles. The molecule has 0 bridgehead atoms. The second kappa shape index (κ2) is 11.8. The van der Waals surface area contributed by atoms with Crippen LogP contribution in [0.25, 0.3) is 0 Å². The molecule has 25 heavy (non-hydrogen) atoms. The van der Waals surface area contributed by atoms with Gasteiger partial charge in [0.05, 0.1) is 5.92 Å². The maximum Gasteiger partial charge on any atom is 0.229 e. The van der Waals surface area contributed by atoms with Gasteiger partial charge in [-0.15, -0.1) is 0 Å². The highest BCUT2D eigenvalue weighted by Crippen LogP contribution is 2.29. The molecular formula is C21H35NO3. The maximum atomic E-state index is 12.9. The van der Waals surface area contributed by atoms with E-state index in [2.05, 4.69) is 13.8 Å². The topological polar surface area (TPSA) is 60.8 Å². The molecule has 1 unspecified atom stereocenters. The molecule has 0 aromatic heterocycles. The van der Waals surface area contributed by atoms with Crippen LogP contribution in [-0.2, 0) is 4.79 Å². The Labute approximate surface area is 152 Å². The zero-order valence-electron chi connectivity index (χ0n) is 16.1. The molecule has 1 aromatic carbocycles. The number of hydrogen-bond donors (Lipinski definition) is 2. The first-order valence-electron chi connectivity index (χ1n) is 9.81. The minimum atomic E-state index is -0.316. The number of amides is 1. The summed E-state index contributed by atoms with van der Waals surface area (Å²) in [6.07, 6.45) is 9.19. The van der Waals surface area contributed by atoms with Crippen molar-refractivity contribution in [3.05, 3.63) is 23.8 Å². The minimum absolute atomic E-state index is 0.109. The van der Waals surface area contributed by atoms with Crippen LogP contribution in [0.4, 0.5) is 0 Å². The summed E-state index contributed by atoms with van der Waals surface area (Å²) >= 11 is 0. The van der Waals surface area contributed by atoms with Crippen molar-refractivity contribution in [3.8, 4) is 11.5 Å². The van der Waals surface area contributed by atoms with Crippen LogP contribution in [0.2, 0.25) is 0 Å². The van der Waals surface area contributed by atoms with Gasteiger partial charge in [-0.05, 0) is 37.5 Å². The molecular weight excluding hydrogens is 314 g/mol. The Bertz CT molecular complexity index is 504. The number of aromatic hydroxyl groups is 2. The second-order valence-corrected chi connectivity index (χ2v) is 6.92. The number of phenols is 2. The zero-order chi connectivity index (χ0) is 18.7. The van der Waals surface area contributed by atoms with Crippen LogP contribution in [0.15, 0.2) is 18.2 Å². The normalized spacial score (nSPS) is 12.1. The first-order chi connectivity index (χ1) is 12.0. The van der Waals surface area contributed by atoms with E-state index in [1.807, 2.05) is 11.8 Å². The van der Waals surface area contributed by atoms with Crippen molar-refractivity contribution in [2.24, 2.45) is 0 Å². The smallest absolute Gasteiger partial charge is 0.229 e. The summed E-state index contributed by atoms with van der Waals surface area (Å²) in [5.74, 6) is -0.532. The van der Waals surface area contributed by atoms with Crippen LogP contribution < -0.4 is 0 Å². The van der Waals surface area contributed by atoms with Crippen LogP contribution in [0.3, 0.4) is 0 Å². The van der Waals surface area contributed by atoms with Gasteiger partial charge >= 0.3 is 0 Å². The molecule has 2 N–H and O–H groups in total. The van der Waals surface area contributed by atoms with Gasteiger partial charge in [0.1, 0.15) is 0 Å². The summed E-state index contributed by atoms with van der Waals surface area (Å²) in [6.45, 7) is 7.86. The predicted molar refractivity (Wildman–Crippen MR) is 103 cm³/mol. The monoisotopic (exact) mass is 349 g/mol. The average molecular weight is 350 g/mol. The average Bonchev–Trinajstić information content (AvgIpc) is 2.61. The van der Waals surface area contributed by atoms with Crippen molar-refractivity contribution in [1.29, 1.82) is 0 Å². The molecule has 0 heterocycles. The summed E-state index contributed by atoms with van der Waals surface area (Å²) in [6, 6.07) is 4.65. The summed E-state index contributed by atoms with van der Waals surface area (Å²) in [5.41, 5.74) is 0.743. The van der Waals surface area contributed by atoms with E-state index in [1.54, 1.807) is 6.07 Å². The van der Waals surface area contributed by atoms with Gasteiger partial charge in [0.2, 0.25) is 5.91 Å². The second-order valence-electron chi connectivity index (χ2n) is 6.92. The first kappa shape index (κ1) is 21.3. The minimum Gasteiger partial charge on any atom is -0.504 e. The molecule has 0 aliphatic rings. The van der Waals surface area contributed by atoms with E-state index >= 15 is 0 Å². The number of benzene rings is 1. The third kappa shape index (κ3) is 7.37. The SMILES string of the molecule is CCCCCCN(CCCCCC)C(=O)C(C)c1ccc(O)c(O)c1. The summed E-state index contributed by atoms with van der Waals surface area (Å²) in [5, 5.41) is 19.2. The molecule has 0 saturated carbocycles. The van der Waals surface area contributed by atoms with Gasteiger partial charge in [0, 0.05) is 13.1 Å². The van der Waals surface area contributed by atoms with Crippen molar-refractivity contribution >= 4 is 5.91 Å². The van der Waals surface area contributed by atoms with Gasteiger partial charge in [-0.2, -0.15) is 0 Å². The number of carbonyl (C=O) groups excluding carboxylic acids is 1. The fraction of sp³-hybridized carbons (Fsp3) is 0.667. The van der Waals surface area contributed by atoms with Crippen molar-refractivity contribution in [1.82, 2.24) is 4.90 Å². The van der Waals surface area contributed by atoms with E-state index in [9.17, 15) is 15.0 Å². The maximum absolute atomic E-state index is 12.9. The molecule has 1 aromatic rings. The quantitative estimate of drug-likeness (QED) is 0.403. The van der Waals surface area contributed by atoms with Gasteiger partial charge < -0.3 is 15.1 Å². The Morgan fingerprint density at radius 1 is 0.920 bits per heavy atom. The summed E-state index contributed by atoms with van der Waals surface area (Å²) in [4.78, 5) is 14.9. The van der Waals surface area contributed by atoms with Crippen LogP contribution >= 0.6 is 0 Å². The number of rotatable bonds is 12. The molecule has 0 saturated heterocycles. The molecule has 4 heteroatoms. The number of nitrogens with zero attached hydrogens (tertiary/aromatic N) is 1. The molecule has 142 valence electrons. The van der Waals surface area contributed by atoms with E-state index in [-0.39, 0.29) is 23.3 Å². The van der Waals surface area contributed by atoms with Crippen LogP contribution in [0.5, 0.6) is 11.5 Å². The van der Waals surface area contributed by atoms with E-state index in [0.717, 1.165) is 44.3 Å². The van der Waals surface area contributed by atoms with Crippen molar-refractivity contribution in [2.45, 2.75) is 78.1 Å². The van der Waals surface area contributed by atoms with Gasteiger partial charge in [0.15, 0.2) is 11.5 Å². The lowest BCUT2D eigenvalue weighted by molar-refractivity contribution is -0.132. The zero-order valence-corrected chi connectivity index (χ0v) is 16.1. The number of carbonyl (C=O) groups is 1. The molecule has 1 atom stereocenters. The Morgan fingerprint density at radius 2 is 1.48 bits per heavy atom. The van der Waals surface area contributed by atoms with Gasteiger partial charge in [-0.3, -0.25) is 4.79 Å².